The number of rotatable bonds is 4. The number of hydrogen-bond donors (Lipinski definition) is 2. The fourth-order valence-corrected chi connectivity index (χ4v) is 2.38. The minimum absolute atomic E-state index is 0.163. The first-order valence-electron chi connectivity index (χ1n) is 6.93. The number of aliphatic hydroxyl groups excluding tert-OH is 1. The number of aromatic nitrogens is 3. The quantitative estimate of drug-likeness (QED) is 0.883. The average Bonchev–Trinajstić information content (AvgIpc) is 2.43. The molecule has 1 unspecified atom stereocenters. The zero-order valence-electron chi connectivity index (χ0n) is 11.9. The monoisotopic (exact) mass is 336 g/mol. The molecule has 0 bridgehead atoms. The van der Waals surface area contributed by atoms with Gasteiger partial charge >= 0.3 is 6.18 Å². The molecule has 1 aromatic heterocycles. The summed E-state index contributed by atoms with van der Waals surface area (Å²) in [7, 11) is 0. The fraction of sp³-hybridized carbons (Fsp3) is 0.615. The van der Waals surface area contributed by atoms with Crippen LogP contribution in [0.1, 0.15) is 38.4 Å². The van der Waals surface area contributed by atoms with Gasteiger partial charge < -0.3 is 10.4 Å². The van der Waals surface area contributed by atoms with Crippen LogP contribution in [-0.2, 0) is 0 Å². The van der Waals surface area contributed by atoms with Crippen molar-refractivity contribution in [2.24, 2.45) is 0 Å². The summed E-state index contributed by atoms with van der Waals surface area (Å²) in [6.45, 7) is 1.41. The molecule has 5 nitrogen and oxygen atoms in total. The van der Waals surface area contributed by atoms with Crippen LogP contribution in [0.2, 0.25) is 5.28 Å². The molecule has 1 aromatic rings. The molecule has 2 N–H and O–H groups in total. The van der Waals surface area contributed by atoms with Crippen molar-refractivity contribution < 1.29 is 18.3 Å². The molecule has 2 atom stereocenters. The maximum atomic E-state index is 12.8. The van der Waals surface area contributed by atoms with Crippen LogP contribution in [0.25, 0.3) is 5.57 Å². The third-order valence-corrected chi connectivity index (χ3v) is 3.51. The highest BCUT2D eigenvalue weighted by Crippen LogP contribution is 2.28. The molecule has 0 spiro atoms. The molecule has 0 amide bonds. The predicted octanol–water partition coefficient (Wildman–Crippen LogP) is 3.21. The predicted molar refractivity (Wildman–Crippen MR) is 76.4 cm³/mol. The Labute approximate surface area is 130 Å². The highest BCUT2D eigenvalue weighted by molar-refractivity contribution is 6.28. The summed E-state index contributed by atoms with van der Waals surface area (Å²) in [5.41, 5.74) is 0.658. The first-order chi connectivity index (χ1) is 10.3. The molecule has 1 heterocycles. The summed E-state index contributed by atoms with van der Waals surface area (Å²) in [6, 6.07) is -1.76. The molecular formula is C13H16ClF3N4O. The van der Waals surface area contributed by atoms with Crippen LogP contribution in [0, 0.1) is 0 Å². The van der Waals surface area contributed by atoms with E-state index >= 15 is 0 Å². The van der Waals surface area contributed by atoms with E-state index in [0.29, 0.717) is 18.4 Å². The Morgan fingerprint density at radius 1 is 1.41 bits per heavy atom. The maximum absolute atomic E-state index is 12.8. The van der Waals surface area contributed by atoms with Crippen LogP contribution in [-0.4, -0.2) is 38.4 Å². The highest BCUT2D eigenvalue weighted by Gasteiger charge is 2.38. The van der Waals surface area contributed by atoms with Gasteiger partial charge in [0, 0.05) is 0 Å². The van der Waals surface area contributed by atoms with Gasteiger partial charge in [0.2, 0.25) is 11.2 Å². The topological polar surface area (TPSA) is 70.9 Å². The lowest BCUT2D eigenvalue weighted by Gasteiger charge is -2.21. The van der Waals surface area contributed by atoms with E-state index in [9.17, 15) is 18.3 Å². The Kier molecular flexibility index (Phi) is 5.23. The van der Waals surface area contributed by atoms with Crippen molar-refractivity contribution in [3.8, 4) is 0 Å². The number of halogens is 4. The number of hydrogen-bond acceptors (Lipinski definition) is 5. The Morgan fingerprint density at radius 3 is 2.73 bits per heavy atom. The third-order valence-electron chi connectivity index (χ3n) is 3.34. The average molecular weight is 337 g/mol. The number of anilines is 1. The molecule has 1 aliphatic carbocycles. The minimum atomic E-state index is -4.41. The van der Waals surface area contributed by atoms with E-state index in [1.54, 1.807) is 6.08 Å². The van der Waals surface area contributed by atoms with E-state index < -0.39 is 18.3 Å². The van der Waals surface area contributed by atoms with Crippen molar-refractivity contribution in [1.29, 1.82) is 0 Å². The van der Waals surface area contributed by atoms with Crippen LogP contribution in [0.4, 0.5) is 19.1 Å². The summed E-state index contributed by atoms with van der Waals surface area (Å²) >= 11 is 5.77. The van der Waals surface area contributed by atoms with Crippen molar-refractivity contribution >= 4 is 23.1 Å². The Hall–Kier alpha value is -1.41. The lowest BCUT2D eigenvalue weighted by molar-refractivity contribution is -0.143. The van der Waals surface area contributed by atoms with Crippen molar-refractivity contribution in [1.82, 2.24) is 15.0 Å². The molecule has 0 radical (unpaired) electrons. The minimum Gasteiger partial charge on any atom is -0.389 e. The molecule has 1 aliphatic rings. The molecule has 2 rings (SSSR count). The van der Waals surface area contributed by atoms with Gasteiger partial charge in [-0.05, 0) is 48.9 Å². The Bertz CT molecular complexity index is 565. The van der Waals surface area contributed by atoms with E-state index in [1.807, 2.05) is 0 Å². The van der Waals surface area contributed by atoms with Gasteiger partial charge in [-0.1, -0.05) is 6.92 Å². The van der Waals surface area contributed by atoms with E-state index in [-0.39, 0.29) is 23.5 Å². The van der Waals surface area contributed by atoms with Crippen LogP contribution < -0.4 is 5.32 Å². The standard InChI is InChI=1S/C13H16ClF3N4O/c1-2-9(13(15,16)17)18-12-20-10(19-11(14)21-12)7-4-3-5-8(22)6-7/h6,8-9,22H,2-5H2,1H3,(H,18,19,20,21)/t8?,9-/m1/s1. The van der Waals surface area contributed by atoms with Gasteiger partial charge in [0.15, 0.2) is 5.82 Å². The van der Waals surface area contributed by atoms with Gasteiger partial charge in [-0.25, -0.2) is 0 Å². The first-order valence-corrected chi connectivity index (χ1v) is 7.31. The van der Waals surface area contributed by atoms with Crippen LogP contribution in [0.15, 0.2) is 6.08 Å². The van der Waals surface area contributed by atoms with E-state index in [1.165, 1.54) is 6.92 Å². The number of nitrogens with one attached hydrogen (secondary N) is 1. The van der Waals surface area contributed by atoms with E-state index in [2.05, 4.69) is 20.3 Å². The van der Waals surface area contributed by atoms with Crippen LogP contribution in [0.3, 0.4) is 0 Å². The van der Waals surface area contributed by atoms with Gasteiger partial charge in [-0.2, -0.15) is 28.1 Å². The number of allylic oxidation sites excluding steroid dienone is 1. The van der Waals surface area contributed by atoms with Crippen molar-refractivity contribution in [3.05, 3.63) is 17.2 Å². The smallest absolute Gasteiger partial charge is 0.389 e. The fourth-order valence-electron chi connectivity index (χ4n) is 2.22. The van der Waals surface area contributed by atoms with Crippen molar-refractivity contribution in [2.45, 2.75) is 50.9 Å². The molecule has 9 heteroatoms. The molecule has 122 valence electrons. The summed E-state index contributed by atoms with van der Waals surface area (Å²) in [5, 5.41) is 11.7. The van der Waals surface area contributed by atoms with Crippen molar-refractivity contribution in [2.75, 3.05) is 5.32 Å². The molecule has 0 aromatic carbocycles. The number of nitrogens with zero attached hydrogens (tertiary/aromatic N) is 3. The second-order valence-electron chi connectivity index (χ2n) is 5.05. The van der Waals surface area contributed by atoms with Gasteiger partial charge in [0.1, 0.15) is 6.04 Å². The second kappa shape index (κ2) is 6.78. The summed E-state index contributed by atoms with van der Waals surface area (Å²) in [5.74, 6) is -0.0292. The van der Waals surface area contributed by atoms with E-state index in [4.69, 9.17) is 11.6 Å². The molecule has 22 heavy (non-hydrogen) atoms. The van der Waals surface area contributed by atoms with Crippen LogP contribution in [0.5, 0.6) is 0 Å². The number of aliphatic hydroxyl groups is 1. The third kappa shape index (κ3) is 4.30. The molecule has 0 saturated heterocycles. The molecular weight excluding hydrogens is 321 g/mol. The first kappa shape index (κ1) is 17.0. The maximum Gasteiger partial charge on any atom is 0.408 e. The van der Waals surface area contributed by atoms with Gasteiger partial charge in [0.05, 0.1) is 6.10 Å². The number of alkyl halides is 3. The summed E-state index contributed by atoms with van der Waals surface area (Å²) < 4.78 is 38.4. The SMILES string of the molecule is CC[C@@H](Nc1nc(Cl)nc(C2=CC(O)CCC2)n1)C(F)(F)F. The summed E-state index contributed by atoms with van der Waals surface area (Å²) in [4.78, 5) is 11.6. The second-order valence-corrected chi connectivity index (χ2v) is 5.39. The van der Waals surface area contributed by atoms with Crippen LogP contribution >= 0.6 is 11.6 Å². The highest BCUT2D eigenvalue weighted by atomic mass is 35.5. The summed E-state index contributed by atoms with van der Waals surface area (Å²) in [6.07, 6.45) is -1.56. The Morgan fingerprint density at radius 2 is 2.14 bits per heavy atom. The normalized spacial score (nSPS) is 20.5. The lowest BCUT2D eigenvalue weighted by Crippen LogP contribution is -2.36. The van der Waals surface area contributed by atoms with E-state index in [0.717, 1.165) is 6.42 Å². The van der Waals surface area contributed by atoms with Gasteiger partial charge in [-0.3, -0.25) is 0 Å². The lowest BCUT2D eigenvalue weighted by atomic mass is 9.97. The largest absolute Gasteiger partial charge is 0.408 e. The van der Waals surface area contributed by atoms with Gasteiger partial charge in [-0.15, -0.1) is 0 Å². The Balaban J connectivity index is 2.27. The van der Waals surface area contributed by atoms with Crippen molar-refractivity contribution in [3.63, 3.8) is 0 Å². The molecule has 0 fully saturated rings. The molecule has 0 saturated carbocycles. The zero-order valence-corrected chi connectivity index (χ0v) is 12.6. The van der Waals surface area contributed by atoms with Gasteiger partial charge in [0.25, 0.3) is 0 Å². The molecule has 0 aliphatic heterocycles. The zero-order chi connectivity index (χ0) is 16.3.